The first-order chi connectivity index (χ1) is 7.02. The van der Waals surface area contributed by atoms with Crippen molar-refractivity contribution in [2.24, 2.45) is 0 Å². The van der Waals surface area contributed by atoms with Gasteiger partial charge in [0.05, 0.1) is 5.56 Å². The van der Waals surface area contributed by atoms with E-state index in [-0.39, 0.29) is 18.5 Å². The van der Waals surface area contributed by atoms with Crippen LogP contribution in [0.25, 0.3) is 0 Å². The predicted octanol–water partition coefficient (Wildman–Crippen LogP) is 1.68. The molecule has 4 nitrogen and oxygen atoms in total. The molecule has 0 aliphatic heterocycles. The summed E-state index contributed by atoms with van der Waals surface area (Å²) >= 11 is 1.42. The molecule has 0 aliphatic rings. The highest BCUT2D eigenvalue weighted by Crippen LogP contribution is 2.11. The summed E-state index contributed by atoms with van der Waals surface area (Å²) in [6.07, 6.45) is 0. The third-order valence-corrected chi connectivity index (χ3v) is 2.64. The number of hydrogen-bond donors (Lipinski definition) is 1. The van der Waals surface area contributed by atoms with E-state index in [9.17, 15) is 9.59 Å². The van der Waals surface area contributed by atoms with E-state index in [1.54, 1.807) is 30.7 Å². The van der Waals surface area contributed by atoms with Crippen molar-refractivity contribution in [1.82, 2.24) is 4.90 Å². The quantitative estimate of drug-likeness (QED) is 0.851. The van der Waals surface area contributed by atoms with Crippen LogP contribution in [0.2, 0.25) is 0 Å². The Kier molecular flexibility index (Phi) is 3.85. The summed E-state index contributed by atoms with van der Waals surface area (Å²) in [6.45, 7) is 3.34. The molecule has 0 saturated carbocycles. The zero-order chi connectivity index (χ0) is 11.4. The first kappa shape index (κ1) is 11.7. The van der Waals surface area contributed by atoms with Crippen LogP contribution >= 0.6 is 11.3 Å². The highest BCUT2D eigenvalue weighted by atomic mass is 32.1. The fraction of sp³-hybridized carbons (Fsp3) is 0.400. The van der Waals surface area contributed by atoms with Crippen molar-refractivity contribution >= 4 is 23.2 Å². The van der Waals surface area contributed by atoms with Crippen molar-refractivity contribution in [1.29, 1.82) is 0 Å². The molecular formula is C10H13NO3S. The summed E-state index contributed by atoms with van der Waals surface area (Å²) in [4.78, 5) is 23.8. The van der Waals surface area contributed by atoms with Crippen LogP contribution in [0.3, 0.4) is 0 Å². The molecule has 5 heteroatoms. The van der Waals surface area contributed by atoms with E-state index < -0.39 is 5.97 Å². The van der Waals surface area contributed by atoms with Gasteiger partial charge in [0.1, 0.15) is 6.54 Å². The molecule has 0 aromatic carbocycles. The molecular weight excluding hydrogens is 214 g/mol. The summed E-state index contributed by atoms with van der Waals surface area (Å²) < 4.78 is 0. The minimum Gasteiger partial charge on any atom is -0.480 e. The van der Waals surface area contributed by atoms with Gasteiger partial charge in [-0.2, -0.15) is 11.3 Å². The zero-order valence-corrected chi connectivity index (χ0v) is 9.45. The highest BCUT2D eigenvalue weighted by molar-refractivity contribution is 7.08. The van der Waals surface area contributed by atoms with E-state index in [4.69, 9.17) is 5.11 Å². The van der Waals surface area contributed by atoms with Crippen LogP contribution in [0.15, 0.2) is 16.8 Å². The molecule has 1 aromatic rings. The van der Waals surface area contributed by atoms with Crippen molar-refractivity contribution < 1.29 is 14.7 Å². The number of carboxylic acids is 1. The molecule has 0 fully saturated rings. The third-order valence-electron chi connectivity index (χ3n) is 1.96. The standard InChI is InChI=1S/C10H13NO3S/c1-7(2)11(5-9(12)13)10(14)8-3-4-15-6-8/h3-4,6-7H,5H2,1-2H3,(H,12,13). The number of carboxylic acid groups (broad SMARTS) is 1. The Bertz CT molecular complexity index is 346. The molecule has 82 valence electrons. The SMILES string of the molecule is CC(C)N(CC(=O)O)C(=O)c1ccsc1. The minimum atomic E-state index is -0.993. The predicted molar refractivity (Wildman–Crippen MR) is 58.1 cm³/mol. The molecule has 0 unspecified atom stereocenters. The number of hydrogen-bond acceptors (Lipinski definition) is 3. The van der Waals surface area contributed by atoms with Gasteiger partial charge in [-0.1, -0.05) is 0 Å². The average molecular weight is 227 g/mol. The molecule has 0 aliphatic carbocycles. The number of carbonyl (C=O) groups excluding carboxylic acids is 1. The number of nitrogens with zero attached hydrogens (tertiary/aromatic N) is 1. The summed E-state index contributed by atoms with van der Waals surface area (Å²) in [7, 11) is 0. The molecule has 0 atom stereocenters. The van der Waals surface area contributed by atoms with Gasteiger partial charge in [0.2, 0.25) is 0 Å². The normalized spacial score (nSPS) is 10.3. The fourth-order valence-corrected chi connectivity index (χ4v) is 1.82. The molecule has 0 spiro atoms. The van der Waals surface area contributed by atoms with Crippen LogP contribution in [-0.2, 0) is 4.79 Å². The number of thiophene rings is 1. The lowest BCUT2D eigenvalue weighted by Gasteiger charge is -2.24. The van der Waals surface area contributed by atoms with Crippen molar-refractivity contribution in [2.45, 2.75) is 19.9 Å². The van der Waals surface area contributed by atoms with Gasteiger partial charge < -0.3 is 10.0 Å². The van der Waals surface area contributed by atoms with Crippen LogP contribution < -0.4 is 0 Å². The minimum absolute atomic E-state index is 0.117. The zero-order valence-electron chi connectivity index (χ0n) is 8.64. The second-order valence-corrected chi connectivity index (χ2v) is 4.21. The number of amides is 1. The Morgan fingerprint density at radius 1 is 1.53 bits per heavy atom. The van der Waals surface area contributed by atoms with Crippen molar-refractivity contribution in [3.8, 4) is 0 Å². The van der Waals surface area contributed by atoms with Gasteiger partial charge in [0.25, 0.3) is 5.91 Å². The Morgan fingerprint density at radius 3 is 2.60 bits per heavy atom. The molecule has 0 saturated heterocycles. The molecule has 1 rings (SSSR count). The van der Waals surface area contributed by atoms with Gasteiger partial charge in [0.15, 0.2) is 0 Å². The molecule has 0 bridgehead atoms. The first-order valence-corrected chi connectivity index (χ1v) is 5.51. The van der Waals surface area contributed by atoms with E-state index in [2.05, 4.69) is 0 Å². The maximum atomic E-state index is 11.9. The second kappa shape index (κ2) is 4.93. The van der Waals surface area contributed by atoms with Crippen LogP contribution in [0, 0.1) is 0 Å². The van der Waals surface area contributed by atoms with Gasteiger partial charge >= 0.3 is 5.97 Å². The number of aliphatic carboxylic acids is 1. The van der Waals surface area contributed by atoms with E-state index in [1.807, 2.05) is 0 Å². The molecule has 1 N–H and O–H groups in total. The van der Waals surface area contributed by atoms with Crippen LogP contribution in [0.1, 0.15) is 24.2 Å². The molecule has 1 heterocycles. The summed E-state index contributed by atoms with van der Waals surface area (Å²) in [6, 6.07) is 1.58. The summed E-state index contributed by atoms with van der Waals surface area (Å²) in [5.41, 5.74) is 0.551. The molecule has 1 amide bonds. The monoisotopic (exact) mass is 227 g/mol. The molecule has 1 aromatic heterocycles. The van der Waals surface area contributed by atoms with Crippen molar-refractivity contribution in [3.63, 3.8) is 0 Å². The summed E-state index contributed by atoms with van der Waals surface area (Å²) in [5.74, 6) is -1.22. The molecule has 0 radical (unpaired) electrons. The smallest absolute Gasteiger partial charge is 0.323 e. The Hall–Kier alpha value is -1.36. The maximum Gasteiger partial charge on any atom is 0.323 e. The van der Waals surface area contributed by atoms with Gasteiger partial charge in [0, 0.05) is 11.4 Å². The second-order valence-electron chi connectivity index (χ2n) is 3.43. The first-order valence-electron chi connectivity index (χ1n) is 4.57. The van der Waals surface area contributed by atoms with Crippen LogP contribution in [0.4, 0.5) is 0 Å². The number of rotatable bonds is 4. The maximum absolute atomic E-state index is 11.9. The Labute approximate surface area is 92.1 Å². The van der Waals surface area contributed by atoms with Crippen LogP contribution in [-0.4, -0.2) is 34.5 Å². The lowest BCUT2D eigenvalue weighted by Crippen LogP contribution is -2.40. The average Bonchev–Trinajstić information content (AvgIpc) is 2.65. The lowest BCUT2D eigenvalue weighted by molar-refractivity contribution is -0.138. The lowest BCUT2D eigenvalue weighted by atomic mass is 10.2. The third kappa shape index (κ3) is 3.06. The topological polar surface area (TPSA) is 57.6 Å². The highest BCUT2D eigenvalue weighted by Gasteiger charge is 2.21. The Balaban J connectivity index is 2.81. The fourth-order valence-electron chi connectivity index (χ4n) is 1.19. The van der Waals surface area contributed by atoms with Crippen molar-refractivity contribution in [3.05, 3.63) is 22.4 Å². The molecule has 15 heavy (non-hydrogen) atoms. The van der Waals surface area contributed by atoms with E-state index in [0.29, 0.717) is 5.56 Å². The van der Waals surface area contributed by atoms with E-state index in [1.165, 1.54) is 16.2 Å². The van der Waals surface area contributed by atoms with Gasteiger partial charge in [-0.25, -0.2) is 0 Å². The van der Waals surface area contributed by atoms with E-state index >= 15 is 0 Å². The van der Waals surface area contributed by atoms with E-state index in [0.717, 1.165) is 0 Å². The van der Waals surface area contributed by atoms with Gasteiger partial charge in [-0.3, -0.25) is 9.59 Å². The van der Waals surface area contributed by atoms with Crippen molar-refractivity contribution in [2.75, 3.05) is 6.54 Å². The Morgan fingerprint density at radius 2 is 2.20 bits per heavy atom. The van der Waals surface area contributed by atoms with Gasteiger partial charge in [-0.15, -0.1) is 0 Å². The number of carbonyl (C=O) groups is 2. The largest absolute Gasteiger partial charge is 0.480 e. The van der Waals surface area contributed by atoms with Gasteiger partial charge in [-0.05, 0) is 25.3 Å². The van der Waals surface area contributed by atoms with Crippen LogP contribution in [0.5, 0.6) is 0 Å². The summed E-state index contributed by atoms with van der Waals surface area (Å²) in [5, 5.41) is 12.2.